The van der Waals surface area contributed by atoms with Gasteiger partial charge in [-0.05, 0) is 17.5 Å². The average molecular weight is 256 g/mol. The van der Waals surface area contributed by atoms with Crippen molar-refractivity contribution in [2.24, 2.45) is 0 Å². The lowest BCUT2D eigenvalue weighted by Crippen LogP contribution is -2.41. The van der Waals surface area contributed by atoms with E-state index >= 15 is 0 Å². The van der Waals surface area contributed by atoms with Gasteiger partial charge < -0.3 is 3.83 Å². The fourth-order valence-electron chi connectivity index (χ4n) is 1.67. The zero-order valence-electron chi connectivity index (χ0n) is 7.50. The summed E-state index contributed by atoms with van der Waals surface area (Å²) in [5.74, 6) is -0.264. The Morgan fingerprint density at radius 1 is 1.43 bits per heavy atom. The lowest BCUT2D eigenvalue weighted by molar-refractivity contribution is -0.134. The number of halogens is 1. The number of hydrogen-bond donors (Lipinski definition) is 1. The van der Waals surface area contributed by atoms with E-state index in [0.29, 0.717) is 6.42 Å². The van der Waals surface area contributed by atoms with Gasteiger partial charge in [0, 0.05) is 6.54 Å². The molecule has 1 unspecified atom stereocenters. The maximum atomic E-state index is 11.2. The smallest absolute Gasteiger partial charge is 0.334 e. The molecule has 0 saturated heterocycles. The first-order chi connectivity index (χ1) is 6.81. The first kappa shape index (κ1) is 9.68. The monoisotopic (exact) mass is 255 g/mol. The molecule has 0 saturated carbocycles. The number of carbonyl (C=O) groups excluding carboxylic acids is 1. The second-order valence-corrected chi connectivity index (χ2v) is 3.63. The van der Waals surface area contributed by atoms with Gasteiger partial charge in [0.25, 0.3) is 0 Å². The zero-order valence-corrected chi connectivity index (χ0v) is 9.08. The quantitative estimate of drug-likeness (QED) is 0.828. The lowest BCUT2D eigenvalue weighted by Gasteiger charge is -2.23. The molecule has 0 aromatic heterocycles. The molecule has 0 spiro atoms. The number of hydrogen-bond acceptors (Lipinski definition) is 3. The van der Waals surface area contributed by atoms with Crippen molar-refractivity contribution in [2.45, 2.75) is 19.0 Å². The van der Waals surface area contributed by atoms with Gasteiger partial charge >= 0.3 is 5.97 Å². The summed E-state index contributed by atoms with van der Waals surface area (Å²) < 4.78 is 4.52. The number of rotatable bonds is 1. The van der Waals surface area contributed by atoms with E-state index in [1.54, 1.807) is 0 Å². The molecular weight excluding hydrogens is 246 g/mol. The predicted molar refractivity (Wildman–Crippen MR) is 55.8 cm³/mol. The summed E-state index contributed by atoms with van der Waals surface area (Å²) in [5.41, 5.74) is 2.47. The third-order valence-corrected chi connectivity index (χ3v) is 2.76. The third-order valence-electron chi connectivity index (χ3n) is 2.44. The van der Waals surface area contributed by atoms with Crippen LogP contribution in [0.1, 0.15) is 11.1 Å². The molecule has 74 valence electrons. The number of fused-ring (bicyclic) bond motifs is 1. The van der Waals surface area contributed by atoms with E-state index in [1.807, 2.05) is 18.2 Å². The van der Waals surface area contributed by atoms with Gasteiger partial charge in [0.15, 0.2) is 16.3 Å². The molecule has 1 atom stereocenters. The van der Waals surface area contributed by atoms with Crippen LogP contribution in [0.5, 0.6) is 0 Å². The molecule has 1 aliphatic rings. The van der Waals surface area contributed by atoms with Gasteiger partial charge in [0.05, 0.1) is 0 Å². The number of benzene rings is 1. The Bertz CT molecular complexity index is 354. The topological polar surface area (TPSA) is 38.3 Å². The van der Waals surface area contributed by atoms with Crippen molar-refractivity contribution in [3.05, 3.63) is 35.4 Å². The van der Waals surface area contributed by atoms with E-state index < -0.39 is 0 Å². The molecule has 1 heterocycles. The molecule has 1 aliphatic heterocycles. The molecule has 0 aliphatic carbocycles. The second kappa shape index (κ2) is 4.11. The highest BCUT2D eigenvalue weighted by Crippen LogP contribution is 2.17. The van der Waals surface area contributed by atoms with Crippen molar-refractivity contribution in [2.75, 3.05) is 0 Å². The number of carbonyl (C=O) groups is 1. The molecular formula is C10H10BrNO2. The molecule has 0 amide bonds. The van der Waals surface area contributed by atoms with Crippen LogP contribution in [-0.2, 0) is 21.6 Å². The van der Waals surface area contributed by atoms with Crippen LogP contribution in [-0.4, -0.2) is 12.0 Å². The van der Waals surface area contributed by atoms with Crippen molar-refractivity contribution < 1.29 is 8.62 Å². The van der Waals surface area contributed by atoms with Crippen molar-refractivity contribution in [3.8, 4) is 0 Å². The SMILES string of the molecule is O=C(OBr)C1Cc2ccccc2CN1. The maximum absolute atomic E-state index is 11.2. The Hall–Kier alpha value is -0.870. The fourth-order valence-corrected chi connectivity index (χ4v) is 1.90. The predicted octanol–water partition coefficient (Wildman–Crippen LogP) is 1.55. The summed E-state index contributed by atoms with van der Waals surface area (Å²) in [6.07, 6.45) is 0.695. The molecule has 1 aromatic carbocycles. The Balaban J connectivity index is 2.17. The highest BCUT2D eigenvalue weighted by atomic mass is 79.9. The van der Waals surface area contributed by atoms with Crippen molar-refractivity contribution >= 4 is 22.2 Å². The molecule has 14 heavy (non-hydrogen) atoms. The highest BCUT2D eigenvalue weighted by molar-refractivity contribution is 9.06. The maximum Gasteiger partial charge on any atom is 0.334 e. The summed E-state index contributed by atoms with van der Waals surface area (Å²) in [5, 5.41) is 3.12. The minimum absolute atomic E-state index is 0.232. The minimum atomic E-state index is -0.264. The minimum Gasteiger partial charge on any atom is -0.382 e. The molecule has 0 bridgehead atoms. The van der Waals surface area contributed by atoms with Crippen LogP contribution >= 0.6 is 16.3 Å². The van der Waals surface area contributed by atoms with Gasteiger partial charge in [-0.25, -0.2) is 4.79 Å². The van der Waals surface area contributed by atoms with Crippen molar-refractivity contribution in [1.82, 2.24) is 5.32 Å². The van der Waals surface area contributed by atoms with E-state index in [9.17, 15) is 4.79 Å². The largest absolute Gasteiger partial charge is 0.382 e. The van der Waals surface area contributed by atoms with E-state index in [0.717, 1.165) is 6.54 Å². The van der Waals surface area contributed by atoms with Crippen LogP contribution in [0.25, 0.3) is 0 Å². The van der Waals surface area contributed by atoms with Crippen LogP contribution in [0.4, 0.5) is 0 Å². The zero-order chi connectivity index (χ0) is 9.97. The fraction of sp³-hybridized carbons (Fsp3) is 0.300. The highest BCUT2D eigenvalue weighted by Gasteiger charge is 2.24. The van der Waals surface area contributed by atoms with Crippen LogP contribution in [0, 0.1) is 0 Å². The molecule has 4 heteroatoms. The Kier molecular flexibility index (Phi) is 2.84. The average Bonchev–Trinajstić information content (AvgIpc) is 2.27. The van der Waals surface area contributed by atoms with Gasteiger partial charge in [-0.2, -0.15) is 0 Å². The van der Waals surface area contributed by atoms with Crippen LogP contribution < -0.4 is 5.32 Å². The van der Waals surface area contributed by atoms with Crippen molar-refractivity contribution in [1.29, 1.82) is 0 Å². The van der Waals surface area contributed by atoms with Crippen LogP contribution in [0.15, 0.2) is 24.3 Å². The van der Waals surface area contributed by atoms with E-state index in [1.165, 1.54) is 11.1 Å². The summed E-state index contributed by atoms with van der Waals surface area (Å²) in [6, 6.07) is 7.87. The number of nitrogens with one attached hydrogen (secondary N) is 1. The van der Waals surface area contributed by atoms with Gasteiger partial charge in [-0.3, -0.25) is 5.32 Å². The molecule has 0 fully saturated rings. The first-order valence-electron chi connectivity index (χ1n) is 4.44. The summed E-state index contributed by atoms with van der Waals surface area (Å²) in [6.45, 7) is 0.725. The lowest BCUT2D eigenvalue weighted by atomic mass is 9.96. The van der Waals surface area contributed by atoms with Gasteiger partial charge in [-0.1, -0.05) is 24.3 Å². The normalized spacial score (nSPS) is 19.9. The van der Waals surface area contributed by atoms with Crippen molar-refractivity contribution in [3.63, 3.8) is 0 Å². The first-order valence-corrected chi connectivity index (χ1v) is 5.08. The summed E-state index contributed by atoms with van der Waals surface area (Å²) >= 11 is 2.70. The Labute approximate surface area is 90.9 Å². The Morgan fingerprint density at radius 2 is 2.14 bits per heavy atom. The van der Waals surface area contributed by atoms with Crippen LogP contribution in [0.3, 0.4) is 0 Å². The van der Waals surface area contributed by atoms with Gasteiger partial charge in [0.2, 0.25) is 0 Å². The van der Waals surface area contributed by atoms with Gasteiger partial charge in [0.1, 0.15) is 6.04 Å². The third kappa shape index (κ3) is 1.81. The summed E-state index contributed by atoms with van der Waals surface area (Å²) in [4.78, 5) is 11.2. The molecule has 3 nitrogen and oxygen atoms in total. The standard InChI is InChI=1S/C10H10BrNO2/c11-14-10(13)9-5-7-3-1-2-4-8(7)6-12-9/h1-4,9,12H,5-6H2. The van der Waals surface area contributed by atoms with Gasteiger partial charge in [-0.15, -0.1) is 0 Å². The summed E-state index contributed by atoms with van der Waals surface area (Å²) in [7, 11) is 0. The molecule has 2 rings (SSSR count). The van der Waals surface area contributed by atoms with E-state index in [2.05, 4.69) is 31.5 Å². The second-order valence-electron chi connectivity index (χ2n) is 3.30. The van der Waals surface area contributed by atoms with E-state index in [4.69, 9.17) is 0 Å². The van der Waals surface area contributed by atoms with Crippen LogP contribution in [0.2, 0.25) is 0 Å². The molecule has 1 aromatic rings. The molecule has 1 N–H and O–H groups in total. The van der Waals surface area contributed by atoms with E-state index in [-0.39, 0.29) is 12.0 Å². The molecule has 0 radical (unpaired) electrons. The Morgan fingerprint density at radius 3 is 2.86 bits per heavy atom.